The van der Waals surface area contributed by atoms with Gasteiger partial charge in [-0.25, -0.2) is 4.79 Å². The molecule has 0 aliphatic heterocycles. The maximum Gasteiger partial charge on any atom is 0.325 e. The van der Waals surface area contributed by atoms with E-state index >= 15 is 0 Å². The summed E-state index contributed by atoms with van der Waals surface area (Å²) in [5.74, 6) is 0.333. The van der Waals surface area contributed by atoms with Gasteiger partial charge in [0.15, 0.2) is 0 Å². The van der Waals surface area contributed by atoms with Crippen molar-refractivity contribution in [1.82, 2.24) is 14.7 Å². The van der Waals surface area contributed by atoms with E-state index in [1.54, 1.807) is 11.9 Å². The minimum atomic E-state index is -0.971. The Bertz CT molecular complexity index is 485. The summed E-state index contributed by atoms with van der Waals surface area (Å²) in [6.45, 7) is 2.70. The highest BCUT2D eigenvalue weighted by Gasteiger charge is 2.34. The molecular formula is C12H18N4O3. The predicted octanol–water partition coefficient (Wildman–Crippen LogP) is 1.09. The van der Waals surface area contributed by atoms with Gasteiger partial charge in [-0.1, -0.05) is 6.92 Å². The third-order valence-electron chi connectivity index (χ3n) is 3.31. The van der Waals surface area contributed by atoms with Gasteiger partial charge >= 0.3 is 12.0 Å². The van der Waals surface area contributed by atoms with Crippen molar-refractivity contribution in [2.24, 2.45) is 11.8 Å². The molecule has 1 aromatic heterocycles. The summed E-state index contributed by atoms with van der Waals surface area (Å²) in [5, 5.41) is 15.2. The number of rotatable bonds is 5. The van der Waals surface area contributed by atoms with E-state index in [0.29, 0.717) is 17.5 Å². The fourth-order valence-electron chi connectivity index (χ4n) is 1.96. The molecule has 0 aromatic carbocycles. The van der Waals surface area contributed by atoms with Crippen LogP contribution in [0.15, 0.2) is 12.4 Å². The number of hydrogen-bond acceptors (Lipinski definition) is 3. The number of hydrogen-bond donors (Lipinski definition) is 2. The highest BCUT2D eigenvalue weighted by atomic mass is 16.4. The molecule has 0 radical (unpaired) electrons. The van der Waals surface area contributed by atoms with Gasteiger partial charge in [0.1, 0.15) is 6.54 Å². The summed E-state index contributed by atoms with van der Waals surface area (Å²) in [6.07, 6.45) is 4.11. The Labute approximate surface area is 111 Å². The standard InChI is InChI=1S/C12H18N4O3/c1-8-3-9(8)5-15(2)12(19)14-10-4-13-16(6-10)7-11(17)18/h4,6,8-9H,3,5,7H2,1-2H3,(H,14,19)(H,17,18). The fraction of sp³-hybridized carbons (Fsp3) is 0.583. The number of aliphatic carboxylic acids is 1. The average molecular weight is 266 g/mol. The van der Waals surface area contributed by atoms with E-state index in [1.165, 1.54) is 23.5 Å². The first-order chi connectivity index (χ1) is 8.95. The molecule has 1 saturated carbocycles. The van der Waals surface area contributed by atoms with Crippen LogP contribution >= 0.6 is 0 Å². The lowest BCUT2D eigenvalue weighted by Crippen LogP contribution is -2.33. The molecule has 1 fully saturated rings. The van der Waals surface area contributed by atoms with Crippen LogP contribution in [0.1, 0.15) is 13.3 Å². The minimum Gasteiger partial charge on any atom is -0.480 e. The minimum absolute atomic E-state index is 0.200. The Morgan fingerprint density at radius 3 is 2.89 bits per heavy atom. The van der Waals surface area contributed by atoms with Gasteiger partial charge in [0.05, 0.1) is 11.9 Å². The van der Waals surface area contributed by atoms with Crippen LogP contribution in [-0.2, 0) is 11.3 Å². The maximum atomic E-state index is 11.9. The zero-order valence-corrected chi connectivity index (χ0v) is 11.0. The number of carboxylic acids is 1. The molecule has 2 N–H and O–H groups in total. The molecular weight excluding hydrogens is 248 g/mol. The van der Waals surface area contributed by atoms with Crippen molar-refractivity contribution in [1.29, 1.82) is 0 Å². The fourth-order valence-corrected chi connectivity index (χ4v) is 1.96. The summed E-state index contributed by atoms with van der Waals surface area (Å²) < 4.78 is 1.26. The Hall–Kier alpha value is -2.05. The molecule has 1 aromatic rings. The number of urea groups is 1. The van der Waals surface area contributed by atoms with Crippen molar-refractivity contribution < 1.29 is 14.7 Å². The maximum absolute atomic E-state index is 11.9. The van der Waals surface area contributed by atoms with E-state index in [4.69, 9.17) is 5.11 Å². The summed E-state index contributed by atoms with van der Waals surface area (Å²) in [5.41, 5.74) is 0.502. The van der Waals surface area contributed by atoms with Crippen LogP contribution in [0.2, 0.25) is 0 Å². The Morgan fingerprint density at radius 1 is 1.63 bits per heavy atom. The van der Waals surface area contributed by atoms with Crippen molar-refractivity contribution in [3.63, 3.8) is 0 Å². The molecule has 7 heteroatoms. The van der Waals surface area contributed by atoms with E-state index in [-0.39, 0.29) is 12.6 Å². The van der Waals surface area contributed by atoms with Gasteiger partial charge in [-0.15, -0.1) is 0 Å². The largest absolute Gasteiger partial charge is 0.480 e. The topological polar surface area (TPSA) is 87.5 Å². The SMILES string of the molecule is CC1CC1CN(C)C(=O)Nc1cnn(CC(=O)O)c1. The lowest BCUT2D eigenvalue weighted by molar-refractivity contribution is -0.137. The van der Waals surface area contributed by atoms with Crippen LogP contribution in [0.3, 0.4) is 0 Å². The summed E-state index contributed by atoms with van der Waals surface area (Å²) in [6, 6.07) is -0.200. The molecule has 2 atom stereocenters. The molecule has 19 heavy (non-hydrogen) atoms. The number of amides is 2. The first kappa shape index (κ1) is 13.4. The molecule has 1 aliphatic rings. The predicted molar refractivity (Wildman–Crippen MR) is 68.8 cm³/mol. The second-order valence-corrected chi connectivity index (χ2v) is 5.10. The molecule has 0 bridgehead atoms. The Balaban J connectivity index is 1.84. The van der Waals surface area contributed by atoms with E-state index in [2.05, 4.69) is 17.3 Å². The number of nitrogens with zero attached hydrogens (tertiary/aromatic N) is 3. The molecule has 1 aliphatic carbocycles. The van der Waals surface area contributed by atoms with Gasteiger partial charge < -0.3 is 15.3 Å². The lowest BCUT2D eigenvalue weighted by Gasteiger charge is -2.17. The highest BCUT2D eigenvalue weighted by Crippen LogP contribution is 2.37. The zero-order chi connectivity index (χ0) is 14.0. The highest BCUT2D eigenvalue weighted by molar-refractivity contribution is 5.88. The average Bonchev–Trinajstić information content (AvgIpc) is 2.83. The van der Waals surface area contributed by atoms with Crippen LogP contribution in [0.4, 0.5) is 10.5 Å². The van der Waals surface area contributed by atoms with E-state index < -0.39 is 5.97 Å². The molecule has 2 unspecified atom stereocenters. The number of anilines is 1. The van der Waals surface area contributed by atoms with E-state index in [0.717, 1.165) is 6.54 Å². The number of carbonyl (C=O) groups is 2. The first-order valence-electron chi connectivity index (χ1n) is 6.22. The Morgan fingerprint density at radius 2 is 2.32 bits per heavy atom. The summed E-state index contributed by atoms with van der Waals surface area (Å²) >= 11 is 0. The smallest absolute Gasteiger partial charge is 0.325 e. The van der Waals surface area contributed by atoms with Crippen LogP contribution in [-0.4, -0.2) is 45.4 Å². The molecule has 2 rings (SSSR count). The molecule has 2 amide bonds. The van der Waals surface area contributed by atoms with Crippen LogP contribution in [0.5, 0.6) is 0 Å². The zero-order valence-electron chi connectivity index (χ0n) is 11.0. The van der Waals surface area contributed by atoms with Gasteiger partial charge in [0.25, 0.3) is 0 Å². The van der Waals surface area contributed by atoms with Crippen molar-refractivity contribution in [3.8, 4) is 0 Å². The normalized spacial score (nSPS) is 20.9. The second kappa shape index (κ2) is 5.29. The number of carbonyl (C=O) groups excluding carboxylic acids is 1. The monoisotopic (exact) mass is 266 g/mol. The number of nitrogens with one attached hydrogen (secondary N) is 1. The van der Waals surface area contributed by atoms with Gasteiger partial charge in [0.2, 0.25) is 0 Å². The van der Waals surface area contributed by atoms with Gasteiger partial charge in [-0.2, -0.15) is 5.10 Å². The van der Waals surface area contributed by atoms with Crippen molar-refractivity contribution >= 4 is 17.7 Å². The second-order valence-electron chi connectivity index (χ2n) is 5.10. The molecule has 1 heterocycles. The van der Waals surface area contributed by atoms with Gasteiger partial charge in [-0.3, -0.25) is 9.48 Å². The molecule has 104 valence electrons. The molecule has 0 spiro atoms. The number of aromatic nitrogens is 2. The van der Waals surface area contributed by atoms with Crippen LogP contribution < -0.4 is 5.32 Å². The Kier molecular flexibility index (Phi) is 3.73. The van der Waals surface area contributed by atoms with E-state index in [9.17, 15) is 9.59 Å². The van der Waals surface area contributed by atoms with Crippen LogP contribution in [0.25, 0.3) is 0 Å². The van der Waals surface area contributed by atoms with Crippen LogP contribution in [0, 0.1) is 11.8 Å². The lowest BCUT2D eigenvalue weighted by atomic mass is 10.3. The third kappa shape index (κ3) is 3.70. The van der Waals surface area contributed by atoms with Crippen molar-refractivity contribution in [2.45, 2.75) is 19.9 Å². The summed E-state index contributed by atoms with van der Waals surface area (Å²) in [7, 11) is 1.75. The quantitative estimate of drug-likeness (QED) is 0.835. The summed E-state index contributed by atoms with van der Waals surface area (Å²) in [4.78, 5) is 24.0. The van der Waals surface area contributed by atoms with E-state index in [1.807, 2.05) is 0 Å². The van der Waals surface area contributed by atoms with Crippen molar-refractivity contribution in [2.75, 3.05) is 18.9 Å². The van der Waals surface area contributed by atoms with Gasteiger partial charge in [0, 0.05) is 19.8 Å². The number of carboxylic acid groups (broad SMARTS) is 1. The van der Waals surface area contributed by atoms with Crippen molar-refractivity contribution in [3.05, 3.63) is 12.4 Å². The molecule has 0 saturated heterocycles. The first-order valence-corrected chi connectivity index (χ1v) is 6.22. The molecule has 7 nitrogen and oxygen atoms in total. The third-order valence-corrected chi connectivity index (χ3v) is 3.31. The van der Waals surface area contributed by atoms with Gasteiger partial charge in [-0.05, 0) is 18.3 Å².